The summed E-state index contributed by atoms with van der Waals surface area (Å²) in [5.74, 6) is 2.43. The van der Waals surface area contributed by atoms with E-state index in [-0.39, 0.29) is 5.91 Å². The van der Waals surface area contributed by atoms with Gasteiger partial charge in [-0.05, 0) is 49.2 Å². The van der Waals surface area contributed by atoms with Gasteiger partial charge in [-0.3, -0.25) is 4.79 Å². The number of aryl methyl sites for hydroxylation is 1. The average molecular weight is 387 g/mol. The number of rotatable bonds is 7. The molecule has 138 valence electrons. The second kappa shape index (κ2) is 9.38. The number of amides is 1. The SMILES string of the molecule is CCN(CCNC(=O)c1ccc(C2SCCS2)cc1)c1cccc(C)c1. The molecule has 0 radical (unpaired) electrons. The lowest BCUT2D eigenvalue weighted by Crippen LogP contribution is -2.35. The average Bonchev–Trinajstić information content (AvgIpc) is 3.20. The van der Waals surface area contributed by atoms with Crippen LogP contribution in [-0.4, -0.2) is 37.0 Å². The van der Waals surface area contributed by atoms with Crippen LogP contribution in [0.1, 0.15) is 33.0 Å². The van der Waals surface area contributed by atoms with E-state index in [1.807, 2.05) is 35.7 Å². The van der Waals surface area contributed by atoms with Gasteiger partial charge in [0.25, 0.3) is 5.91 Å². The summed E-state index contributed by atoms with van der Waals surface area (Å²) in [4.78, 5) is 14.7. The molecule has 2 aromatic rings. The highest BCUT2D eigenvalue weighted by atomic mass is 32.2. The number of carbonyl (C=O) groups excluding carboxylic acids is 1. The van der Waals surface area contributed by atoms with Crippen LogP contribution < -0.4 is 10.2 Å². The van der Waals surface area contributed by atoms with Crippen molar-refractivity contribution in [3.05, 3.63) is 65.2 Å². The number of nitrogens with one attached hydrogen (secondary N) is 1. The zero-order chi connectivity index (χ0) is 18.4. The molecule has 0 aliphatic carbocycles. The van der Waals surface area contributed by atoms with E-state index >= 15 is 0 Å². The standard InChI is InChI=1S/C21H26N2OS2/c1-3-23(19-6-4-5-16(2)15-19)12-11-22-20(24)17-7-9-18(10-8-17)21-25-13-14-26-21/h4-10,15,21H,3,11-14H2,1-2H3,(H,22,24). The summed E-state index contributed by atoms with van der Waals surface area (Å²) in [5, 5.41) is 3.05. The highest BCUT2D eigenvalue weighted by Gasteiger charge is 2.18. The van der Waals surface area contributed by atoms with E-state index in [4.69, 9.17) is 0 Å². The Morgan fingerprint density at radius 3 is 2.54 bits per heavy atom. The summed E-state index contributed by atoms with van der Waals surface area (Å²) >= 11 is 3.97. The molecule has 5 heteroatoms. The highest BCUT2D eigenvalue weighted by molar-refractivity contribution is 8.19. The molecule has 1 fully saturated rings. The molecule has 0 spiro atoms. The van der Waals surface area contributed by atoms with Crippen LogP contribution in [0.4, 0.5) is 5.69 Å². The fourth-order valence-corrected chi connectivity index (χ4v) is 5.90. The predicted molar refractivity (Wildman–Crippen MR) is 115 cm³/mol. The molecule has 26 heavy (non-hydrogen) atoms. The largest absolute Gasteiger partial charge is 0.370 e. The first kappa shape index (κ1) is 19.2. The number of anilines is 1. The molecular formula is C21H26N2OS2. The first-order chi connectivity index (χ1) is 12.7. The van der Waals surface area contributed by atoms with Crippen molar-refractivity contribution in [3.63, 3.8) is 0 Å². The van der Waals surface area contributed by atoms with Crippen molar-refractivity contribution >= 4 is 35.1 Å². The molecule has 0 unspecified atom stereocenters. The highest BCUT2D eigenvalue weighted by Crippen LogP contribution is 2.45. The lowest BCUT2D eigenvalue weighted by atomic mass is 10.1. The number of hydrogen-bond acceptors (Lipinski definition) is 4. The zero-order valence-corrected chi connectivity index (χ0v) is 17.0. The van der Waals surface area contributed by atoms with Crippen LogP contribution >= 0.6 is 23.5 Å². The van der Waals surface area contributed by atoms with Crippen LogP contribution in [0.3, 0.4) is 0 Å². The van der Waals surface area contributed by atoms with Gasteiger partial charge in [-0.2, -0.15) is 0 Å². The van der Waals surface area contributed by atoms with Gasteiger partial charge in [0.2, 0.25) is 0 Å². The Labute approximate surface area is 164 Å². The van der Waals surface area contributed by atoms with E-state index in [9.17, 15) is 4.79 Å². The molecule has 1 aliphatic rings. The van der Waals surface area contributed by atoms with E-state index in [0.29, 0.717) is 11.1 Å². The van der Waals surface area contributed by atoms with Gasteiger partial charge in [0.1, 0.15) is 0 Å². The molecule has 3 nitrogen and oxygen atoms in total. The first-order valence-electron chi connectivity index (χ1n) is 9.10. The fourth-order valence-electron chi connectivity index (χ4n) is 3.04. The molecule has 1 saturated heterocycles. The number of benzene rings is 2. The molecule has 1 heterocycles. The van der Waals surface area contributed by atoms with Crippen molar-refractivity contribution in [1.82, 2.24) is 5.32 Å². The third-order valence-electron chi connectivity index (χ3n) is 4.48. The summed E-state index contributed by atoms with van der Waals surface area (Å²) in [5.41, 5.74) is 4.51. The van der Waals surface area contributed by atoms with Gasteiger partial charge in [0.05, 0.1) is 4.58 Å². The molecule has 0 bridgehead atoms. The molecule has 2 aromatic carbocycles. The van der Waals surface area contributed by atoms with Crippen LogP contribution in [0, 0.1) is 6.92 Å². The minimum atomic E-state index is 0.00331. The number of nitrogens with zero attached hydrogens (tertiary/aromatic N) is 1. The monoisotopic (exact) mass is 386 g/mol. The van der Waals surface area contributed by atoms with Gasteiger partial charge < -0.3 is 10.2 Å². The lowest BCUT2D eigenvalue weighted by molar-refractivity contribution is 0.0954. The summed E-state index contributed by atoms with van der Waals surface area (Å²) in [6.45, 7) is 6.61. The molecular weight excluding hydrogens is 360 g/mol. The van der Waals surface area contributed by atoms with Gasteiger partial charge in [-0.1, -0.05) is 24.3 Å². The Bertz CT molecular complexity index is 727. The molecule has 1 N–H and O–H groups in total. The van der Waals surface area contributed by atoms with E-state index in [0.717, 1.165) is 18.7 Å². The summed E-state index contributed by atoms with van der Waals surface area (Å²) in [7, 11) is 0. The van der Waals surface area contributed by atoms with Crippen LogP contribution in [-0.2, 0) is 0 Å². The second-order valence-corrected chi connectivity index (χ2v) is 9.09. The minimum absolute atomic E-state index is 0.00331. The number of likely N-dealkylation sites (N-methyl/N-ethyl adjacent to an activating group) is 1. The molecule has 0 atom stereocenters. The quantitative estimate of drug-likeness (QED) is 0.746. The Morgan fingerprint density at radius 1 is 1.15 bits per heavy atom. The predicted octanol–water partition coefficient (Wildman–Crippen LogP) is 4.73. The van der Waals surface area contributed by atoms with Gasteiger partial charge in [-0.25, -0.2) is 0 Å². The Balaban J connectivity index is 1.51. The Hall–Kier alpha value is -1.59. The van der Waals surface area contributed by atoms with Gasteiger partial charge in [0, 0.05) is 42.4 Å². The number of carbonyl (C=O) groups is 1. The third-order valence-corrected chi connectivity index (χ3v) is 7.59. The molecule has 1 aliphatic heterocycles. The topological polar surface area (TPSA) is 32.3 Å². The fraction of sp³-hybridized carbons (Fsp3) is 0.381. The van der Waals surface area contributed by atoms with Crippen molar-refractivity contribution < 1.29 is 4.79 Å². The second-order valence-electron chi connectivity index (χ2n) is 6.37. The van der Waals surface area contributed by atoms with Gasteiger partial charge in [-0.15, -0.1) is 23.5 Å². The number of hydrogen-bond donors (Lipinski definition) is 1. The lowest BCUT2D eigenvalue weighted by Gasteiger charge is -2.23. The number of thioether (sulfide) groups is 2. The van der Waals surface area contributed by atoms with E-state index < -0.39 is 0 Å². The summed E-state index contributed by atoms with van der Waals surface area (Å²) in [6.07, 6.45) is 0. The Kier molecular flexibility index (Phi) is 6.92. The van der Waals surface area contributed by atoms with Crippen LogP contribution in [0.25, 0.3) is 0 Å². The maximum atomic E-state index is 12.4. The zero-order valence-electron chi connectivity index (χ0n) is 15.4. The minimum Gasteiger partial charge on any atom is -0.370 e. The first-order valence-corrected chi connectivity index (χ1v) is 11.2. The van der Waals surface area contributed by atoms with Crippen molar-refractivity contribution in [1.29, 1.82) is 0 Å². The molecule has 1 amide bonds. The van der Waals surface area contributed by atoms with Crippen molar-refractivity contribution in [2.24, 2.45) is 0 Å². The maximum absolute atomic E-state index is 12.4. The maximum Gasteiger partial charge on any atom is 0.251 e. The molecule has 0 saturated carbocycles. The van der Waals surface area contributed by atoms with Crippen LogP contribution in [0.2, 0.25) is 0 Å². The molecule has 0 aromatic heterocycles. The van der Waals surface area contributed by atoms with E-state index in [1.54, 1.807) is 0 Å². The van der Waals surface area contributed by atoms with Crippen LogP contribution in [0.15, 0.2) is 48.5 Å². The van der Waals surface area contributed by atoms with E-state index in [1.165, 1.54) is 28.3 Å². The summed E-state index contributed by atoms with van der Waals surface area (Å²) in [6, 6.07) is 16.6. The van der Waals surface area contributed by atoms with Gasteiger partial charge >= 0.3 is 0 Å². The smallest absolute Gasteiger partial charge is 0.251 e. The molecule has 3 rings (SSSR count). The van der Waals surface area contributed by atoms with E-state index in [2.05, 4.69) is 60.5 Å². The third kappa shape index (κ3) is 4.98. The van der Waals surface area contributed by atoms with Crippen molar-refractivity contribution in [2.45, 2.75) is 18.4 Å². The van der Waals surface area contributed by atoms with Crippen molar-refractivity contribution in [2.75, 3.05) is 36.0 Å². The summed E-state index contributed by atoms with van der Waals surface area (Å²) < 4.78 is 0.527. The van der Waals surface area contributed by atoms with Crippen LogP contribution in [0.5, 0.6) is 0 Å². The Morgan fingerprint density at radius 2 is 1.88 bits per heavy atom. The normalized spacial score (nSPS) is 14.4. The van der Waals surface area contributed by atoms with Crippen molar-refractivity contribution in [3.8, 4) is 0 Å². The van der Waals surface area contributed by atoms with Gasteiger partial charge in [0.15, 0.2) is 0 Å².